The molecule has 0 bridgehead atoms. The highest BCUT2D eigenvalue weighted by Crippen LogP contribution is 2.38. The summed E-state index contributed by atoms with van der Waals surface area (Å²) in [6.45, 7) is 3.36. The lowest BCUT2D eigenvalue weighted by Crippen LogP contribution is -2.43. The van der Waals surface area contributed by atoms with Crippen molar-refractivity contribution in [2.24, 2.45) is 0 Å². The zero-order valence-electron chi connectivity index (χ0n) is 17.2. The van der Waals surface area contributed by atoms with E-state index in [-0.39, 0.29) is 5.56 Å². The van der Waals surface area contributed by atoms with E-state index in [0.29, 0.717) is 23.3 Å². The van der Waals surface area contributed by atoms with Gasteiger partial charge in [0.15, 0.2) is 0 Å². The number of hydrogen-bond acceptors (Lipinski definition) is 5. The first-order valence-electron chi connectivity index (χ1n) is 9.84. The smallest absolute Gasteiger partial charge is 0.416 e. The van der Waals surface area contributed by atoms with E-state index in [1.807, 2.05) is 0 Å². The number of halogens is 3. The van der Waals surface area contributed by atoms with Gasteiger partial charge in [-0.05, 0) is 55.8 Å². The molecule has 1 aromatic heterocycles. The summed E-state index contributed by atoms with van der Waals surface area (Å²) in [4.78, 5) is 24.0. The van der Waals surface area contributed by atoms with E-state index in [4.69, 9.17) is 13.9 Å². The van der Waals surface area contributed by atoms with Crippen molar-refractivity contribution in [3.8, 4) is 5.75 Å². The zero-order valence-corrected chi connectivity index (χ0v) is 17.2. The van der Waals surface area contributed by atoms with Crippen LogP contribution >= 0.6 is 0 Å². The number of rotatable bonds is 4. The van der Waals surface area contributed by atoms with Crippen molar-refractivity contribution in [1.82, 2.24) is 0 Å². The molecule has 3 aromatic rings. The quantitative estimate of drug-likeness (QED) is 0.316. The molecule has 32 heavy (non-hydrogen) atoms. The lowest BCUT2D eigenvalue weighted by atomic mass is 9.96. The van der Waals surface area contributed by atoms with Crippen LogP contribution in [0.3, 0.4) is 0 Å². The van der Waals surface area contributed by atoms with Crippen molar-refractivity contribution in [3.63, 3.8) is 0 Å². The van der Waals surface area contributed by atoms with Gasteiger partial charge in [-0.1, -0.05) is 12.1 Å². The molecule has 1 aliphatic heterocycles. The molecule has 0 saturated carbocycles. The van der Waals surface area contributed by atoms with Crippen molar-refractivity contribution in [3.05, 3.63) is 81.7 Å². The third-order valence-electron chi connectivity index (χ3n) is 5.27. The first-order valence-corrected chi connectivity index (χ1v) is 9.84. The normalized spacial score (nSPS) is 16.2. The third-order valence-corrected chi connectivity index (χ3v) is 5.27. The minimum atomic E-state index is -4.47. The van der Waals surface area contributed by atoms with Crippen molar-refractivity contribution >= 4 is 23.0 Å². The van der Waals surface area contributed by atoms with Gasteiger partial charge in [0.05, 0.1) is 5.56 Å². The summed E-state index contributed by atoms with van der Waals surface area (Å²) in [5.41, 5.74) is -0.960. The minimum absolute atomic E-state index is 0.223. The summed E-state index contributed by atoms with van der Waals surface area (Å²) in [5.74, 6) is -0.177. The van der Waals surface area contributed by atoms with Crippen LogP contribution in [0.15, 0.2) is 63.8 Å². The molecule has 0 fully saturated rings. The highest BCUT2D eigenvalue weighted by atomic mass is 19.4. The molecule has 2 heterocycles. The molecule has 1 aliphatic rings. The van der Waals surface area contributed by atoms with Crippen LogP contribution in [-0.2, 0) is 22.1 Å². The summed E-state index contributed by atoms with van der Waals surface area (Å²) < 4.78 is 55.3. The number of alkyl halides is 3. The fourth-order valence-electron chi connectivity index (χ4n) is 3.59. The Bertz CT molecular complexity index is 1270. The molecule has 1 unspecified atom stereocenters. The Kier molecular flexibility index (Phi) is 5.32. The van der Waals surface area contributed by atoms with Crippen molar-refractivity contribution in [1.29, 1.82) is 0 Å². The Balaban J connectivity index is 1.48. The van der Waals surface area contributed by atoms with E-state index in [0.717, 1.165) is 23.6 Å². The molecule has 2 aromatic carbocycles. The fourth-order valence-corrected chi connectivity index (χ4v) is 3.59. The maximum atomic E-state index is 12.8. The topological polar surface area (TPSA) is 65.7 Å². The van der Waals surface area contributed by atoms with E-state index in [2.05, 4.69) is 0 Å². The van der Waals surface area contributed by atoms with E-state index in [1.54, 1.807) is 32.0 Å². The number of ether oxygens (including phenoxy) is 2. The second kappa shape index (κ2) is 7.85. The molecular weight excluding hydrogens is 425 g/mol. The molecule has 0 aliphatic carbocycles. The minimum Gasteiger partial charge on any atom is -0.485 e. The van der Waals surface area contributed by atoms with E-state index >= 15 is 0 Å². The van der Waals surface area contributed by atoms with Gasteiger partial charge >= 0.3 is 17.8 Å². The van der Waals surface area contributed by atoms with Gasteiger partial charge < -0.3 is 13.9 Å². The maximum absolute atomic E-state index is 12.8. The van der Waals surface area contributed by atoms with Gasteiger partial charge in [-0.25, -0.2) is 9.59 Å². The molecule has 166 valence electrons. The van der Waals surface area contributed by atoms with Crippen molar-refractivity contribution in [2.45, 2.75) is 38.1 Å². The van der Waals surface area contributed by atoms with Crippen LogP contribution in [0.4, 0.5) is 13.2 Å². The standard InChI is InChI=1S/C24H19F3O5/c1-23(2,32-21(29)10-6-14-4-3-5-16(12-14)24(25,26)27)19-13-17-18(30-19)9-7-15-8-11-20(28)31-22(15)17/h3-12,19H,13H2,1-2H3/b10-6+. The fraction of sp³-hybridized carbons (Fsp3) is 0.250. The van der Waals surface area contributed by atoms with Crippen LogP contribution in [0.5, 0.6) is 5.75 Å². The van der Waals surface area contributed by atoms with Gasteiger partial charge in [0.2, 0.25) is 0 Å². The van der Waals surface area contributed by atoms with Crippen molar-refractivity contribution in [2.75, 3.05) is 0 Å². The monoisotopic (exact) mass is 444 g/mol. The van der Waals surface area contributed by atoms with Gasteiger partial charge in [-0.3, -0.25) is 0 Å². The van der Waals surface area contributed by atoms with Crippen LogP contribution in [0.1, 0.15) is 30.5 Å². The van der Waals surface area contributed by atoms with Gasteiger partial charge in [0.1, 0.15) is 23.0 Å². The molecule has 4 rings (SSSR count). The zero-order chi connectivity index (χ0) is 23.1. The van der Waals surface area contributed by atoms with E-state index in [9.17, 15) is 22.8 Å². The van der Waals surface area contributed by atoms with Gasteiger partial charge in [0.25, 0.3) is 0 Å². The molecule has 0 saturated heterocycles. The predicted molar refractivity (Wildman–Crippen MR) is 111 cm³/mol. The maximum Gasteiger partial charge on any atom is 0.416 e. The molecular formula is C24H19F3O5. The molecule has 1 atom stereocenters. The molecule has 5 nitrogen and oxygen atoms in total. The second-order valence-corrected chi connectivity index (χ2v) is 8.01. The van der Waals surface area contributed by atoms with Crippen LogP contribution < -0.4 is 10.4 Å². The SMILES string of the molecule is CC(C)(OC(=O)/C=C/c1cccc(C(F)(F)F)c1)C1Cc2c(ccc3ccc(=O)oc23)O1. The average Bonchev–Trinajstić information content (AvgIpc) is 3.18. The van der Waals surface area contributed by atoms with Crippen LogP contribution in [-0.4, -0.2) is 17.7 Å². The van der Waals surface area contributed by atoms with Crippen molar-refractivity contribution < 1.29 is 31.9 Å². The number of fused-ring (bicyclic) bond motifs is 3. The Morgan fingerprint density at radius 1 is 1.12 bits per heavy atom. The summed E-state index contributed by atoms with van der Waals surface area (Å²) in [7, 11) is 0. The lowest BCUT2D eigenvalue weighted by Gasteiger charge is -2.30. The van der Waals surface area contributed by atoms with Gasteiger partial charge in [-0.15, -0.1) is 0 Å². The highest BCUT2D eigenvalue weighted by Gasteiger charge is 2.40. The van der Waals surface area contributed by atoms with E-state index < -0.39 is 35.0 Å². The Morgan fingerprint density at radius 3 is 2.62 bits per heavy atom. The molecule has 0 amide bonds. The van der Waals surface area contributed by atoms with Crippen LogP contribution in [0.25, 0.3) is 17.0 Å². The predicted octanol–water partition coefficient (Wildman–Crippen LogP) is 5.15. The first kappa shape index (κ1) is 21.7. The average molecular weight is 444 g/mol. The number of benzene rings is 2. The lowest BCUT2D eigenvalue weighted by molar-refractivity contribution is -0.158. The Hall–Kier alpha value is -3.55. The molecule has 0 N–H and O–H groups in total. The summed E-state index contributed by atoms with van der Waals surface area (Å²) in [5, 5.41) is 0.756. The first-order chi connectivity index (χ1) is 15.0. The van der Waals surface area contributed by atoms with E-state index in [1.165, 1.54) is 24.3 Å². The van der Waals surface area contributed by atoms with Gasteiger partial charge in [-0.2, -0.15) is 13.2 Å². The summed E-state index contributed by atoms with van der Waals surface area (Å²) in [6.07, 6.45) is -2.31. The number of hydrogen-bond donors (Lipinski definition) is 0. The molecule has 8 heteroatoms. The second-order valence-electron chi connectivity index (χ2n) is 8.01. The number of esters is 1. The summed E-state index contributed by atoms with van der Waals surface area (Å²) >= 11 is 0. The third kappa shape index (κ3) is 4.39. The molecule has 0 radical (unpaired) electrons. The summed E-state index contributed by atoms with van der Waals surface area (Å²) in [6, 6.07) is 11.2. The van der Waals surface area contributed by atoms with Crippen LogP contribution in [0, 0.1) is 0 Å². The van der Waals surface area contributed by atoms with Crippen LogP contribution in [0.2, 0.25) is 0 Å². The van der Waals surface area contributed by atoms with Gasteiger partial charge in [0, 0.05) is 29.5 Å². The molecule has 0 spiro atoms. The highest BCUT2D eigenvalue weighted by molar-refractivity contribution is 5.87. The Labute approximate surface area is 181 Å². The Morgan fingerprint density at radius 2 is 1.88 bits per heavy atom. The number of carbonyl (C=O) groups excluding carboxylic acids is 1. The number of carbonyl (C=O) groups is 1. The largest absolute Gasteiger partial charge is 0.485 e.